The maximum atomic E-state index is 12.4. The Morgan fingerprint density at radius 1 is 0.780 bits per heavy atom. The fourth-order valence-electron chi connectivity index (χ4n) is 6.38. The van der Waals surface area contributed by atoms with Crippen LogP contribution in [0.15, 0.2) is 16.8 Å². The van der Waals surface area contributed by atoms with Gasteiger partial charge in [0.05, 0.1) is 25.1 Å². The molecular formula is C40H69N4NaO13P+. The Bertz CT molecular complexity index is 1410. The van der Waals surface area contributed by atoms with Crippen LogP contribution in [-0.4, -0.2) is 87.3 Å². The minimum absolute atomic E-state index is 0. The average Bonchev–Trinajstić information content (AvgIpc) is 3.70. The van der Waals surface area contributed by atoms with Crippen molar-refractivity contribution >= 4 is 42.3 Å². The first-order valence-electron chi connectivity index (χ1n) is 21.5. The van der Waals surface area contributed by atoms with Crippen molar-refractivity contribution in [1.82, 2.24) is 10.3 Å². The summed E-state index contributed by atoms with van der Waals surface area (Å²) in [5.41, 5.74) is 1.19. The van der Waals surface area contributed by atoms with Crippen LogP contribution in [0.25, 0.3) is 11.0 Å². The zero-order valence-corrected chi connectivity index (χ0v) is 38.4. The van der Waals surface area contributed by atoms with Crippen LogP contribution in [0.4, 0.5) is 11.4 Å². The first-order valence-corrected chi connectivity index (χ1v) is 23.2. The summed E-state index contributed by atoms with van der Waals surface area (Å²) in [6.07, 6.45) is 20.7. The number of fused-ring (bicyclic) bond motifs is 1. The minimum Gasteiger partial charge on any atom is -0.659 e. The molecule has 0 fully saturated rings. The van der Waals surface area contributed by atoms with E-state index in [1.165, 1.54) is 63.9 Å². The van der Waals surface area contributed by atoms with Crippen LogP contribution in [0.5, 0.6) is 0 Å². The second-order valence-corrected chi connectivity index (χ2v) is 16.8. The van der Waals surface area contributed by atoms with Crippen LogP contribution in [0.1, 0.15) is 161 Å². The van der Waals surface area contributed by atoms with Gasteiger partial charge in [-0.05, 0) is 35.6 Å². The van der Waals surface area contributed by atoms with Gasteiger partial charge in [-0.1, -0.05) is 129 Å². The topological polar surface area (TPSA) is 249 Å². The Labute approximate surface area is 372 Å². The summed E-state index contributed by atoms with van der Waals surface area (Å²) in [6, 6.07) is 3.09. The summed E-state index contributed by atoms with van der Waals surface area (Å²) in [4.78, 5) is 70.2. The molecule has 0 radical (unpaired) electrons. The third-order valence-corrected chi connectivity index (χ3v) is 11.2. The zero-order valence-electron chi connectivity index (χ0n) is 35.5. The molecule has 0 aliphatic carbocycles. The fraction of sp³-hybridized carbons (Fsp3) is 0.800. The predicted molar refractivity (Wildman–Crippen MR) is 215 cm³/mol. The molecule has 0 amide bonds. The van der Waals surface area contributed by atoms with Crippen molar-refractivity contribution in [2.45, 2.75) is 173 Å². The molecule has 0 spiro atoms. The standard InChI is InChI=1S/C40H69N4O13P.Na/c1-2-3-4-5-6-7-8-9-10-12-15-18-21-24-37(47)53-30-34(31-54-58(51,52)32-33(46)29-45)55-56-38(48)25-22-19-16-13-11-14-17-20-23-28-41-35-26-27-36(44(49)50)40-39(35)42-57-43-40;/h26-27,33-34,45-46H,2-25,28-32H2,1H3,(H2-,41,43,49,50,51,52);/q;+1/t33-,34+;/m0./s1. The number of aliphatic hydroxyl groups is 2. The van der Waals surface area contributed by atoms with Crippen LogP contribution in [0.2, 0.25) is 0 Å². The molecule has 1 aromatic heterocycles. The largest absolute Gasteiger partial charge is 1.00 e. The van der Waals surface area contributed by atoms with Gasteiger partial charge in [-0.2, -0.15) is 4.89 Å². The number of nitrogens with zero attached hydrogens (tertiary/aromatic N) is 3. The quantitative estimate of drug-likeness (QED) is 0.0186. The van der Waals surface area contributed by atoms with E-state index in [2.05, 4.69) is 22.6 Å². The normalized spacial score (nSPS) is 12.6. The molecule has 0 saturated heterocycles. The molecular weight excluding hydrogens is 798 g/mol. The molecule has 2 rings (SSSR count). The number of benzene rings is 1. The molecule has 0 aliphatic rings. The number of carbonyl (C=O) groups is 2. The summed E-state index contributed by atoms with van der Waals surface area (Å²) in [5, 5.41) is 38.4. The SMILES string of the molecule is CCCCCCCCCCCCCCCC(=O)OC[C@H](CO[P+]([O-])([O-])C[C@@H](O)CO)OOC(=O)CCCCCCCCCCCNc1ccc([N+](=O)O)c2nonc12.[Na+]. The van der Waals surface area contributed by atoms with E-state index >= 15 is 0 Å². The third kappa shape index (κ3) is 26.8. The van der Waals surface area contributed by atoms with Gasteiger partial charge >= 0.3 is 47.2 Å². The number of unbranched alkanes of at least 4 members (excludes halogenated alkanes) is 20. The Balaban J connectivity index is 0.0000174. The van der Waals surface area contributed by atoms with Gasteiger partial charge in [0.1, 0.15) is 25.5 Å². The summed E-state index contributed by atoms with van der Waals surface area (Å²) >= 11 is 0. The van der Waals surface area contributed by atoms with Gasteiger partial charge in [-0.25, -0.2) is 19.2 Å². The molecule has 0 saturated carbocycles. The van der Waals surface area contributed by atoms with Gasteiger partial charge in [-0.15, -0.1) is 0 Å². The molecule has 2 aromatic rings. The third-order valence-electron chi connectivity index (χ3n) is 9.77. The number of anilines is 1. The number of nitrogens with one attached hydrogen (secondary N) is 1. The molecule has 59 heavy (non-hydrogen) atoms. The zero-order chi connectivity index (χ0) is 42.3. The summed E-state index contributed by atoms with van der Waals surface area (Å²) < 4.78 is 14.9. The molecule has 19 heteroatoms. The molecule has 1 aromatic carbocycles. The number of aromatic nitrogens is 2. The fourth-order valence-corrected chi connectivity index (χ4v) is 7.51. The number of hydrogen-bond acceptors (Lipinski definition) is 15. The number of hydrogen-bond donors (Lipinski definition) is 4. The number of rotatable bonds is 38. The van der Waals surface area contributed by atoms with Gasteiger partial charge in [0.25, 0.3) is 4.92 Å². The summed E-state index contributed by atoms with van der Waals surface area (Å²) in [5.74, 6) is -1.12. The van der Waals surface area contributed by atoms with E-state index in [1.54, 1.807) is 6.07 Å². The van der Waals surface area contributed by atoms with Gasteiger partial charge in [0, 0.05) is 25.5 Å². The monoisotopic (exact) mass is 867 g/mol. The van der Waals surface area contributed by atoms with Crippen molar-refractivity contribution in [2.24, 2.45) is 0 Å². The molecule has 0 unspecified atom stereocenters. The Morgan fingerprint density at radius 3 is 1.83 bits per heavy atom. The number of esters is 1. The smallest absolute Gasteiger partial charge is 0.659 e. The van der Waals surface area contributed by atoms with Crippen LogP contribution >= 0.6 is 7.94 Å². The number of aliphatic hydroxyl groups excluding tert-OH is 2. The van der Waals surface area contributed by atoms with Crippen molar-refractivity contribution in [3.8, 4) is 0 Å². The molecule has 17 nitrogen and oxygen atoms in total. The second-order valence-electron chi connectivity index (χ2n) is 15.0. The first-order chi connectivity index (χ1) is 28.1. The molecule has 1 heterocycles. The Hall–Kier alpha value is -2.05. The van der Waals surface area contributed by atoms with Crippen molar-refractivity contribution in [3.63, 3.8) is 0 Å². The summed E-state index contributed by atoms with van der Waals surface area (Å²) in [6.45, 7) is 1.17. The maximum Gasteiger partial charge on any atom is 1.00 e. The second kappa shape index (κ2) is 34.5. The first kappa shape index (κ1) is 55.0. The van der Waals surface area contributed by atoms with Crippen molar-refractivity contribution in [3.05, 3.63) is 17.0 Å². The van der Waals surface area contributed by atoms with Gasteiger partial charge in [0.2, 0.25) is 5.52 Å². The molecule has 4 N–H and O–H groups in total. The van der Waals surface area contributed by atoms with E-state index < -0.39 is 58.1 Å². The summed E-state index contributed by atoms with van der Waals surface area (Å²) in [7, 11) is -4.57. The van der Waals surface area contributed by atoms with Crippen molar-refractivity contribution in [2.75, 3.05) is 37.8 Å². The van der Waals surface area contributed by atoms with Crippen LogP contribution < -0.4 is 44.7 Å². The Morgan fingerprint density at radius 2 is 1.29 bits per heavy atom. The molecule has 332 valence electrons. The van der Waals surface area contributed by atoms with Gasteiger partial charge in [-0.3, -0.25) is 9.68 Å². The van der Waals surface area contributed by atoms with Gasteiger partial charge in [0.15, 0.2) is 11.6 Å². The van der Waals surface area contributed by atoms with Crippen LogP contribution in [0, 0.1) is 4.91 Å². The van der Waals surface area contributed by atoms with E-state index in [0.717, 1.165) is 70.6 Å². The molecule has 2 atom stereocenters. The van der Waals surface area contributed by atoms with E-state index in [-0.39, 0.29) is 58.5 Å². The molecule has 0 bridgehead atoms. The van der Waals surface area contributed by atoms with Crippen molar-refractivity contribution < 1.29 is 92.9 Å². The number of ether oxygens (including phenoxy) is 1. The van der Waals surface area contributed by atoms with E-state index in [0.29, 0.717) is 30.6 Å². The van der Waals surface area contributed by atoms with Gasteiger partial charge < -0.3 is 30.1 Å². The number of carbonyl (C=O) groups excluding carboxylic acids is 2. The van der Waals surface area contributed by atoms with E-state index in [4.69, 9.17) is 28.8 Å². The van der Waals surface area contributed by atoms with Crippen molar-refractivity contribution in [1.29, 1.82) is 0 Å². The van der Waals surface area contributed by atoms with E-state index in [1.807, 2.05) is 0 Å². The average molecular weight is 868 g/mol. The molecule has 0 aliphatic heterocycles. The van der Waals surface area contributed by atoms with Crippen LogP contribution in [0.3, 0.4) is 0 Å². The minimum atomic E-state index is -4.57. The predicted octanol–water partition coefficient (Wildman–Crippen LogP) is 4.06. The van der Waals surface area contributed by atoms with E-state index in [9.17, 15) is 34.6 Å². The maximum absolute atomic E-state index is 12.4. The Kier molecular flexibility index (Phi) is 32.2. The van der Waals surface area contributed by atoms with Crippen LogP contribution in [-0.2, 0) is 28.6 Å².